The van der Waals surface area contributed by atoms with Gasteiger partial charge in [-0.15, -0.1) is 0 Å². The summed E-state index contributed by atoms with van der Waals surface area (Å²) in [6.45, 7) is 3.29. The SMILES string of the molecule is Fc1ccc(-c2cncc3[nH]c(-c4n[nH]c5ccc(C6=CNC=CC(CN7CCCC7)=C6)cc45)nc23)cc1. The van der Waals surface area contributed by atoms with Gasteiger partial charge in [-0.2, -0.15) is 5.10 Å². The average molecular weight is 504 g/mol. The molecule has 0 aliphatic carbocycles. The Labute approximate surface area is 218 Å². The van der Waals surface area contributed by atoms with Crippen LogP contribution < -0.4 is 5.32 Å². The van der Waals surface area contributed by atoms with E-state index in [1.54, 1.807) is 24.5 Å². The first kappa shape index (κ1) is 22.6. The zero-order valence-electron chi connectivity index (χ0n) is 20.7. The van der Waals surface area contributed by atoms with Crippen LogP contribution in [0.2, 0.25) is 0 Å². The highest BCUT2D eigenvalue weighted by atomic mass is 19.1. The van der Waals surface area contributed by atoms with E-state index in [2.05, 4.69) is 60.7 Å². The van der Waals surface area contributed by atoms with Gasteiger partial charge in [-0.1, -0.05) is 18.2 Å². The number of fused-ring (bicyclic) bond motifs is 2. The van der Waals surface area contributed by atoms with Gasteiger partial charge in [-0.05, 0) is 84.6 Å². The normalized spacial score (nSPS) is 16.0. The zero-order chi connectivity index (χ0) is 25.5. The second kappa shape index (κ2) is 9.39. The molecule has 188 valence electrons. The molecule has 1 fully saturated rings. The Morgan fingerprint density at radius 1 is 0.947 bits per heavy atom. The summed E-state index contributed by atoms with van der Waals surface area (Å²) in [5, 5.41) is 12.0. The molecule has 0 saturated carbocycles. The van der Waals surface area contributed by atoms with Crippen molar-refractivity contribution in [2.45, 2.75) is 12.8 Å². The van der Waals surface area contributed by atoms with Crippen molar-refractivity contribution in [1.82, 2.24) is 35.4 Å². The van der Waals surface area contributed by atoms with Crippen molar-refractivity contribution in [2.75, 3.05) is 19.6 Å². The van der Waals surface area contributed by atoms with Crippen molar-refractivity contribution in [3.63, 3.8) is 0 Å². The molecular weight excluding hydrogens is 477 g/mol. The fourth-order valence-corrected chi connectivity index (χ4v) is 5.31. The Hall–Kier alpha value is -4.56. The van der Waals surface area contributed by atoms with E-state index in [0.29, 0.717) is 5.82 Å². The summed E-state index contributed by atoms with van der Waals surface area (Å²) in [5.74, 6) is 0.378. The number of allylic oxidation sites excluding steroid dienone is 2. The highest BCUT2D eigenvalue weighted by Gasteiger charge is 2.17. The molecule has 7 nitrogen and oxygen atoms in total. The third kappa shape index (κ3) is 4.18. The molecule has 0 radical (unpaired) electrons. The molecule has 7 rings (SSSR count). The van der Waals surface area contributed by atoms with E-state index in [1.807, 2.05) is 12.4 Å². The minimum atomic E-state index is -0.275. The monoisotopic (exact) mass is 503 g/mol. The number of hydrogen-bond donors (Lipinski definition) is 3. The second-order valence-electron chi connectivity index (χ2n) is 9.81. The summed E-state index contributed by atoms with van der Waals surface area (Å²) in [5.41, 5.74) is 8.43. The Morgan fingerprint density at radius 3 is 2.66 bits per heavy atom. The van der Waals surface area contributed by atoms with E-state index in [-0.39, 0.29) is 5.82 Å². The lowest BCUT2D eigenvalue weighted by molar-refractivity contribution is 0.371. The molecule has 0 spiro atoms. The van der Waals surface area contributed by atoms with Gasteiger partial charge in [0, 0.05) is 36.1 Å². The van der Waals surface area contributed by atoms with Crippen LogP contribution in [0.5, 0.6) is 0 Å². The maximum absolute atomic E-state index is 13.5. The van der Waals surface area contributed by atoms with Crippen LogP contribution in [0.1, 0.15) is 18.4 Å². The first-order valence-electron chi connectivity index (χ1n) is 12.9. The standard InChI is InChI=1S/C30H26FN7/c31-23-6-3-20(4-7-23)25-16-33-17-27-28(25)35-30(34-27)29-24-14-21(5-8-26(24)36-37-29)22-13-19(9-10-32-15-22)18-38-11-1-2-12-38/h3-10,13-17,32H,1-2,11-12,18H2,(H,34,35)(H,36,37). The highest BCUT2D eigenvalue weighted by molar-refractivity contribution is 5.98. The number of aromatic amines is 2. The lowest BCUT2D eigenvalue weighted by atomic mass is 10.0. The number of imidazole rings is 1. The van der Waals surface area contributed by atoms with Gasteiger partial charge in [0.05, 0.1) is 22.7 Å². The first-order chi connectivity index (χ1) is 18.7. The van der Waals surface area contributed by atoms with Gasteiger partial charge < -0.3 is 10.3 Å². The van der Waals surface area contributed by atoms with Gasteiger partial charge in [-0.3, -0.25) is 15.0 Å². The summed E-state index contributed by atoms with van der Waals surface area (Å²) in [7, 11) is 0. The number of aromatic nitrogens is 5. The maximum atomic E-state index is 13.5. The van der Waals surface area contributed by atoms with Gasteiger partial charge in [0.1, 0.15) is 11.5 Å². The third-order valence-corrected chi connectivity index (χ3v) is 7.25. The quantitative estimate of drug-likeness (QED) is 0.283. The fourth-order valence-electron chi connectivity index (χ4n) is 5.31. The van der Waals surface area contributed by atoms with Crippen LogP contribution in [-0.4, -0.2) is 49.7 Å². The molecule has 0 bridgehead atoms. The first-order valence-corrected chi connectivity index (χ1v) is 12.9. The summed E-state index contributed by atoms with van der Waals surface area (Å²) in [4.78, 5) is 15.2. The Bertz CT molecular complexity index is 1730. The number of pyridine rings is 1. The lowest BCUT2D eigenvalue weighted by Crippen LogP contribution is -2.21. The van der Waals surface area contributed by atoms with Gasteiger partial charge in [0.15, 0.2) is 5.82 Å². The molecule has 2 aliphatic rings. The molecule has 8 heteroatoms. The van der Waals surface area contributed by atoms with E-state index in [1.165, 1.54) is 30.5 Å². The van der Waals surface area contributed by atoms with Crippen LogP contribution >= 0.6 is 0 Å². The van der Waals surface area contributed by atoms with Crippen LogP contribution in [0, 0.1) is 5.82 Å². The van der Waals surface area contributed by atoms with Gasteiger partial charge in [0.2, 0.25) is 0 Å². The molecule has 38 heavy (non-hydrogen) atoms. The highest BCUT2D eigenvalue weighted by Crippen LogP contribution is 2.32. The van der Waals surface area contributed by atoms with Gasteiger partial charge >= 0.3 is 0 Å². The maximum Gasteiger partial charge on any atom is 0.159 e. The van der Waals surface area contributed by atoms with E-state index in [9.17, 15) is 4.39 Å². The van der Waals surface area contributed by atoms with E-state index < -0.39 is 0 Å². The molecule has 3 aromatic heterocycles. The molecule has 2 aromatic carbocycles. The van der Waals surface area contributed by atoms with E-state index >= 15 is 0 Å². The van der Waals surface area contributed by atoms with Crippen molar-refractivity contribution in [1.29, 1.82) is 0 Å². The topological polar surface area (TPSA) is 85.5 Å². The molecule has 0 unspecified atom stereocenters. The molecular formula is C30H26FN7. The number of benzene rings is 2. The largest absolute Gasteiger partial charge is 0.367 e. The Morgan fingerprint density at radius 2 is 1.79 bits per heavy atom. The number of nitrogens with one attached hydrogen (secondary N) is 3. The van der Waals surface area contributed by atoms with Crippen LogP contribution in [0.25, 0.3) is 50.2 Å². The molecule has 1 saturated heterocycles. The third-order valence-electron chi connectivity index (χ3n) is 7.25. The van der Waals surface area contributed by atoms with Gasteiger partial charge in [-0.25, -0.2) is 9.37 Å². The number of halogens is 1. The summed E-state index contributed by atoms with van der Waals surface area (Å²) in [6, 6.07) is 12.7. The van der Waals surface area contributed by atoms with Crippen molar-refractivity contribution in [3.05, 3.63) is 96.4 Å². The lowest BCUT2D eigenvalue weighted by Gasteiger charge is -2.15. The predicted octanol–water partition coefficient (Wildman–Crippen LogP) is 5.79. The van der Waals surface area contributed by atoms with Crippen molar-refractivity contribution >= 4 is 27.5 Å². The van der Waals surface area contributed by atoms with Crippen LogP contribution in [0.3, 0.4) is 0 Å². The zero-order valence-corrected chi connectivity index (χ0v) is 20.7. The van der Waals surface area contributed by atoms with Crippen LogP contribution in [0.4, 0.5) is 4.39 Å². The number of nitrogens with zero attached hydrogens (tertiary/aromatic N) is 4. The Kier molecular flexibility index (Phi) is 5.59. The van der Waals surface area contributed by atoms with E-state index in [0.717, 1.165) is 69.5 Å². The summed E-state index contributed by atoms with van der Waals surface area (Å²) in [6.07, 6.45) is 14.5. The molecule has 2 aliphatic heterocycles. The average Bonchev–Trinajstić information content (AvgIpc) is 3.66. The molecule has 0 amide bonds. The van der Waals surface area contributed by atoms with Crippen molar-refractivity contribution in [2.24, 2.45) is 0 Å². The minimum absolute atomic E-state index is 0.275. The Balaban J connectivity index is 1.27. The van der Waals surface area contributed by atoms with Crippen molar-refractivity contribution < 1.29 is 4.39 Å². The summed E-state index contributed by atoms with van der Waals surface area (Å²) >= 11 is 0. The number of likely N-dealkylation sites (tertiary alicyclic amines) is 1. The van der Waals surface area contributed by atoms with Crippen molar-refractivity contribution in [3.8, 4) is 22.6 Å². The predicted molar refractivity (Wildman–Crippen MR) is 148 cm³/mol. The van der Waals surface area contributed by atoms with Gasteiger partial charge in [0.25, 0.3) is 0 Å². The number of hydrogen-bond acceptors (Lipinski definition) is 5. The second-order valence-corrected chi connectivity index (χ2v) is 9.81. The van der Waals surface area contributed by atoms with Crippen LogP contribution in [0.15, 0.2) is 85.0 Å². The molecule has 5 heterocycles. The van der Waals surface area contributed by atoms with Crippen LogP contribution in [-0.2, 0) is 0 Å². The summed E-state index contributed by atoms with van der Waals surface area (Å²) < 4.78 is 13.5. The number of rotatable bonds is 5. The smallest absolute Gasteiger partial charge is 0.159 e. The minimum Gasteiger partial charge on any atom is -0.367 e. The van der Waals surface area contributed by atoms with E-state index in [4.69, 9.17) is 4.98 Å². The molecule has 3 N–H and O–H groups in total. The number of H-pyrrole nitrogens is 2. The molecule has 0 atom stereocenters. The fraction of sp³-hybridized carbons (Fsp3) is 0.167. The molecule has 5 aromatic rings.